The monoisotopic (exact) mass is 256 g/mol. The fourth-order valence-electron chi connectivity index (χ4n) is 1.79. The van der Waals surface area contributed by atoms with Crippen molar-refractivity contribution in [1.29, 1.82) is 0 Å². The minimum Gasteiger partial charge on any atom is -0.376 e. The zero-order chi connectivity index (χ0) is 10.7. The van der Waals surface area contributed by atoms with E-state index in [2.05, 4.69) is 0 Å². The van der Waals surface area contributed by atoms with Crippen molar-refractivity contribution in [3.63, 3.8) is 0 Å². The number of halogens is 2. The van der Waals surface area contributed by atoms with Crippen LogP contribution in [0, 0.1) is 0 Å². The van der Waals surface area contributed by atoms with E-state index >= 15 is 0 Å². The van der Waals surface area contributed by atoms with Crippen LogP contribution in [-0.2, 0) is 18.9 Å². The van der Waals surface area contributed by atoms with Crippen LogP contribution in [0.4, 0.5) is 0 Å². The van der Waals surface area contributed by atoms with Crippen molar-refractivity contribution in [3.8, 4) is 0 Å². The molecule has 0 radical (unpaired) electrons. The smallest absolute Gasteiger partial charge is 0.150 e. The van der Waals surface area contributed by atoms with Crippen molar-refractivity contribution >= 4 is 23.2 Å². The van der Waals surface area contributed by atoms with Gasteiger partial charge in [-0.05, 0) is 0 Å². The van der Waals surface area contributed by atoms with Crippen LogP contribution in [0.2, 0.25) is 0 Å². The lowest BCUT2D eigenvalue weighted by Crippen LogP contribution is -2.60. The SMILES string of the molecule is ClC(Cl)C1(C2COCCO2)COCCO1. The molecule has 6 heteroatoms. The molecule has 0 saturated carbocycles. The Bertz CT molecular complexity index is 200. The molecule has 2 aliphatic heterocycles. The molecule has 0 N–H and O–H groups in total. The van der Waals surface area contributed by atoms with Crippen LogP contribution in [0.15, 0.2) is 0 Å². The van der Waals surface area contributed by atoms with Crippen molar-refractivity contribution < 1.29 is 18.9 Å². The molecule has 0 amide bonds. The van der Waals surface area contributed by atoms with Crippen molar-refractivity contribution in [2.75, 3.05) is 39.6 Å². The van der Waals surface area contributed by atoms with Crippen LogP contribution in [-0.4, -0.2) is 56.2 Å². The Morgan fingerprint density at radius 1 is 1.07 bits per heavy atom. The second kappa shape index (κ2) is 5.17. The predicted octanol–water partition coefficient (Wildman–Crippen LogP) is 0.991. The van der Waals surface area contributed by atoms with Gasteiger partial charge in [-0.15, -0.1) is 23.2 Å². The van der Waals surface area contributed by atoms with Gasteiger partial charge in [-0.25, -0.2) is 0 Å². The largest absolute Gasteiger partial charge is 0.376 e. The maximum absolute atomic E-state index is 5.97. The van der Waals surface area contributed by atoms with E-state index < -0.39 is 10.4 Å². The molecule has 2 saturated heterocycles. The minimum atomic E-state index is -0.790. The molecule has 0 aliphatic carbocycles. The number of hydrogen-bond donors (Lipinski definition) is 0. The summed E-state index contributed by atoms with van der Waals surface area (Å²) in [5.74, 6) is 0. The van der Waals surface area contributed by atoms with Gasteiger partial charge in [-0.3, -0.25) is 0 Å². The Balaban J connectivity index is 2.09. The van der Waals surface area contributed by atoms with E-state index in [4.69, 9.17) is 42.1 Å². The van der Waals surface area contributed by atoms with Crippen molar-refractivity contribution in [2.45, 2.75) is 16.5 Å². The summed E-state index contributed by atoms with van der Waals surface area (Å²) in [5.41, 5.74) is -0.790. The minimum absolute atomic E-state index is 0.258. The van der Waals surface area contributed by atoms with Gasteiger partial charge in [-0.1, -0.05) is 0 Å². The Labute approximate surface area is 98.7 Å². The Morgan fingerprint density at radius 2 is 1.87 bits per heavy atom. The number of alkyl halides is 2. The molecule has 4 nitrogen and oxygen atoms in total. The van der Waals surface area contributed by atoms with Crippen LogP contribution in [0.1, 0.15) is 0 Å². The second-order valence-corrected chi connectivity index (χ2v) is 4.69. The van der Waals surface area contributed by atoms with Crippen molar-refractivity contribution in [3.05, 3.63) is 0 Å². The lowest BCUT2D eigenvalue weighted by atomic mass is 9.98. The van der Waals surface area contributed by atoms with Gasteiger partial charge in [0.05, 0.1) is 39.6 Å². The number of rotatable bonds is 2. The number of ether oxygens (including phenoxy) is 4. The highest BCUT2D eigenvalue weighted by atomic mass is 35.5. The zero-order valence-corrected chi connectivity index (χ0v) is 9.80. The summed E-state index contributed by atoms with van der Waals surface area (Å²) < 4.78 is 22.0. The highest BCUT2D eigenvalue weighted by Gasteiger charge is 2.49. The first-order valence-electron chi connectivity index (χ1n) is 4.95. The zero-order valence-electron chi connectivity index (χ0n) is 8.29. The molecule has 15 heavy (non-hydrogen) atoms. The quantitative estimate of drug-likeness (QED) is 0.691. The molecular formula is C9H14Cl2O4. The fraction of sp³-hybridized carbons (Fsp3) is 1.00. The summed E-state index contributed by atoms with van der Waals surface area (Å²) in [7, 11) is 0. The third-order valence-corrected chi connectivity index (χ3v) is 3.40. The summed E-state index contributed by atoms with van der Waals surface area (Å²) in [4.78, 5) is -0.690. The molecule has 0 bridgehead atoms. The van der Waals surface area contributed by atoms with Gasteiger partial charge in [0.1, 0.15) is 16.5 Å². The van der Waals surface area contributed by atoms with Gasteiger partial charge in [0, 0.05) is 0 Å². The van der Waals surface area contributed by atoms with Crippen LogP contribution >= 0.6 is 23.2 Å². The number of hydrogen-bond acceptors (Lipinski definition) is 4. The van der Waals surface area contributed by atoms with E-state index in [1.54, 1.807) is 0 Å². The maximum atomic E-state index is 5.97. The summed E-state index contributed by atoms with van der Waals surface area (Å²) in [6.45, 7) is 2.97. The van der Waals surface area contributed by atoms with Crippen LogP contribution in [0.3, 0.4) is 0 Å². The van der Waals surface area contributed by atoms with E-state index in [9.17, 15) is 0 Å². The van der Waals surface area contributed by atoms with Crippen molar-refractivity contribution in [2.24, 2.45) is 0 Å². The average Bonchev–Trinajstić information content (AvgIpc) is 2.31. The second-order valence-electron chi connectivity index (χ2n) is 3.59. The topological polar surface area (TPSA) is 36.9 Å². The molecule has 2 unspecified atom stereocenters. The average molecular weight is 257 g/mol. The highest BCUT2D eigenvalue weighted by Crippen LogP contribution is 2.33. The molecule has 0 spiro atoms. The molecule has 2 fully saturated rings. The van der Waals surface area contributed by atoms with Gasteiger partial charge < -0.3 is 18.9 Å². The normalized spacial score (nSPS) is 38.2. The lowest BCUT2D eigenvalue weighted by Gasteiger charge is -2.44. The molecule has 2 heterocycles. The molecule has 0 aromatic heterocycles. The Hall–Kier alpha value is 0.420. The summed E-state index contributed by atoms with van der Waals surface area (Å²) in [5, 5.41) is 0. The molecule has 2 rings (SSSR count). The maximum Gasteiger partial charge on any atom is 0.150 e. The van der Waals surface area contributed by atoms with E-state index in [0.717, 1.165) is 0 Å². The Morgan fingerprint density at radius 3 is 2.40 bits per heavy atom. The Kier molecular flexibility index (Phi) is 4.10. The third kappa shape index (κ3) is 2.40. The van der Waals surface area contributed by atoms with Crippen molar-refractivity contribution in [1.82, 2.24) is 0 Å². The summed E-state index contributed by atoms with van der Waals surface area (Å²) in [6.07, 6.45) is -0.258. The van der Waals surface area contributed by atoms with Gasteiger partial charge >= 0.3 is 0 Å². The van der Waals surface area contributed by atoms with Crippen LogP contribution in [0.25, 0.3) is 0 Å². The summed E-state index contributed by atoms with van der Waals surface area (Å²) >= 11 is 11.9. The van der Waals surface area contributed by atoms with E-state index in [-0.39, 0.29) is 6.10 Å². The molecule has 2 atom stereocenters. The highest BCUT2D eigenvalue weighted by molar-refractivity contribution is 6.45. The molecular weight excluding hydrogens is 243 g/mol. The van der Waals surface area contributed by atoms with Gasteiger partial charge in [0.15, 0.2) is 0 Å². The third-order valence-electron chi connectivity index (χ3n) is 2.66. The van der Waals surface area contributed by atoms with Gasteiger partial charge in [0.2, 0.25) is 0 Å². The van der Waals surface area contributed by atoms with E-state index in [0.29, 0.717) is 39.6 Å². The molecule has 0 aromatic carbocycles. The predicted molar refractivity (Wildman–Crippen MR) is 55.6 cm³/mol. The summed E-state index contributed by atoms with van der Waals surface area (Å²) in [6, 6.07) is 0. The van der Waals surface area contributed by atoms with Crippen LogP contribution < -0.4 is 0 Å². The van der Waals surface area contributed by atoms with Crippen LogP contribution in [0.5, 0.6) is 0 Å². The standard InChI is InChI=1S/C9H14Cl2O4/c10-8(11)9(6-13-2-4-15-9)7-5-12-1-3-14-7/h7-8H,1-6H2. The lowest BCUT2D eigenvalue weighted by molar-refractivity contribution is -0.236. The molecule has 0 aromatic rings. The molecule has 88 valence electrons. The first kappa shape index (κ1) is 11.9. The first-order chi connectivity index (χ1) is 7.26. The van der Waals surface area contributed by atoms with Gasteiger partial charge in [-0.2, -0.15) is 0 Å². The molecule has 2 aliphatic rings. The first-order valence-corrected chi connectivity index (χ1v) is 5.82. The van der Waals surface area contributed by atoms with E-state index in [1.807, 2.05) is 0 Å². The fourth-order valence-corrected chi connectivity index (χ4v) is 2.32. The van der Waals surface area contributed by atoms with Gasteiger partial charge in [0.25, 0.3) is 0 Å². The van der Waals surface area contributed by atoms with E-state index in [1.165, 1.54) is 0 Å².